The van der Waals surface area contributed by atoms with E-state index in [1.165, 1.54) is 9.08 Å². The normalized spacial score (nSPS) is 13.0. The predicted octanol–water partition coefficient (Wildman–Crippen LogP) is 1.75. The lowest BCUT2D eigenvalue weighted by Gasteiger charge is -2.17. The van der Waals surface area contributed by atoms with Crippen molar-refractivity contribution in [2.75, 3.05) is 18.5 Å². The van der Waals surface area contributed by atoms with Gasteiger partial charge < -0.3 is 15.4 Å². The molecule has 0 aliphatic carbocycles. The van der Waals surface area contributed by atoms with E-state index in [-0.39, 0.29) is 17.5 Å². The van der Waals surface area contributed by atoms with Crippen LogP contribution in [-0.2, 0) is 22.6 Å². The molecule has 0 saturated heterocycles. The smallest absolute Gasteiger partial charge is 0.350 e. The molecule has 0 radical (unpaired) electrons. The van der Waals surface area contributed by atoms with Crippen LogP contribution in [0.1, 0.15) is 31.2 Å². The minimum Gasteiger partial charge on any atom is -0.494 e. The molecule has 1 aliphatic heterocycles. The maximum Gasteiger partial charge on any atom is 0.350 e. The molecule has 9 heteroatoms. The molecular weight excluding hydrogens is 398 g/mol. The van der Waals surface area contributed by atoms with Crippen LogP contribution in [0.2, 0.25) is 0 Å². The molecule has 0 spiro atoms. The van der Waals surface area contributed by atoms with Crippen LogP contribution in [0.3, 0.4) is 0 Å². The number of carbonyl (C=O) groups is 2. The van der Waals surface area contributed by atoms with Crippen LogP contribution in [0, 0.1) is 0 Å². The van der Waals surface area contributed by atoms with E-state index in [0.717, 1.165) is 17.0 Å². The minimum atomic E-state index is -0.177. The molecule has 0 unspecified atom stereocenters. The van der Waals surface area contributed by atoms with E-state index < -0.39 is 0 Å². The number of nitrogens with zero attached hydrogens (tertiary/aromatic N) is 3. The summed E-state index contributed by atoms with van der Waals surface area (Å²) in [5.41, 5.74) is 2.34. The molecule has 31 heavy (non-hydrogen) atoms. The monoisotopic (exact) mass is 423 g/mol. The first-order valence-electron chi connectivity index (χ1n) is 10.5. The van der Waals surface area contributed by atoms with Gasteiger partial charge in [0, 0.05) is 37.8 Å². The van der Waals surface area contributed by atoms with Crippen molar-refractivity contribution in [3.05, 3.63) is 58.6 Å². The molecule has 1 aliphatic rings. The second-order valence-electron chi connectivity index (χ2n) is 7.46. The molecule has 9 nitrogen and oxygen atoms in total. The molecule has 0 bridgehead atoms. The molecule has 4 rings (SSSR count). The van der Waals surface area contributed by atoms with Gasteiger partial charge in [0.25, 0.3) is 0 Å². The fourth-order valence-electron chi connectivity index (χ4n) is 3.53. The summed E-state index contributed by atoms with van der Waals surface area (Å²) in [4.78, 5) is 35.6. The standard InChI is InChI=1S/C22H25N5O4/c28-20(23-11-4-13-27-22(30)26-12-2-1-5-19(26)25-27)6-3-14-31-17-8-9-18-16(15-17)7-10-21(29)24-18/h1-2,5,8-9,12,15H,3-4,6-7,10-11,13-14H2,(H,23,28)(H,24,29). The van der Waals surface area contributed by atoms with E-state index >= 15 is 0 Å². The van der Waals surface area contributed by atoms with Crippen molar-refractivity contribution >= 4 is 23.1 Å². The van der Waals surface area contributed by atoms with E-state index in [1.807, 2.05) is 24.3 Å². The van der Waals surface area contributed by atoms with E-state index in [4.69, 9.17) is 4.74 Å². The molecule has 1 aromatic carbocycles. The zero-order chi connectivity index (χ0) is 21.6. The van der Waals surface area contributed by atoms with Crippen molar-refractivity contribution in [1.82, 2.24) is 19.5 Å². The summed E-state index contributed by atoms with van der Waals surface area (Å²) in [6.45, 7) is 1.37. The molecule has 0 fully saturated rings. The fourth-order valence-corrected chi connectivity index (χ4v) is 3.53. The Morgan fingerprint density at radius 1 is 1.16 bits per heavy atom. The third kappa shape index (κ3) is 5.11. The molecular formula is C22H25N5O4. The van der Waals surface area contributed by atoms with Crippen LogP contribution in [0.4, 0.5) is 5.69 Å². The molecule has 2 aromatic heterocycles. The van der Waals surface area contributed by atoms with E-state index in [0.29, 0.717) is 57.4 Å². The highest BCUT2D eigenvalue weighted by Gasteiger charge is 2.15. The van der Waals surface area contributed by atoms with Gasteiger partial charge in [-0.2, -0.15) is 0 Å². The highest BCUT2D eigenvalue weighted by molar-refractivity contribution is 5.94. The van der Waals surface area contributed by atoms with Crippen molar-refractivity contribution in [3.63, 3.8) is 0 Å². The van der Waals surface area contributed by atoms with Gasteiger partial charge >= 0.3 is 5.69 Å². The van der Waals surface area contributed by atoms with Crippen LogP contribution in [-0.4, -0.2) is 39.1 Å². The number of hydrogen-bond donors (Lipinski definition) is 2. The van der Waals surface area contributed by atoms with Gasteiger partial charge in [-0.15, -0.1) is 5.10 Å². The summed E-state index contributed by atoms with van der Waals surface area (Å²) in [5.74, 6) is 0.741. The lowest BCUT2D eigenvalue weighted by Crippen LogP contribution is -2.27. The van der Waals surface area contributed by atoms with Crippen LogP contribution < -0.4 is 21.1 Å². The zero-order valence-electron chi connectivity index (χ0n) is 17.2. The number of fused-ring (bicyclic) bond motifs is 2. The van der Waals surface area contributed by atoms with Crippen LogP contribution >= 0.6 is 0 Å². The van der Waals surface area contributed by atoms with Crippen molar-refractivity contribution in [2.45, 2.75) is 38.6 Å². The van der Waals surface area contributed by atoms with Gasteiger partial charge in [-0.1, -0.05) is 6.07 Å². The van der Waals surface area contributed by atoms with Gasteiger partial charge in [0.15, 0.2) is 5.65 Å². The van der Waals surface area contributed by atoms with E-state index in [9.17, 15) is 14.4 Å². The second-order valence-corrected chi connectivity index (χ2v) is 7.46. The highest BCUT2D eigenvalue weighted by Crippen LogP contribution is 2.26. The topological polar surface area (TPSA) is 107 Å². The fraction of sp³-hybridized carbons (Fsp3) is 0.364. The van der Waals surface area contributed by atoms with E-state index in [1.54, 1.807) is 18.3 Å². The third-order valence-electron chi connectivity index (χ3n) is 5.15. The first-order chi connectivity index (χ1) is 15.1. The maximum absolute atomic E-state index is 12.2. The lowest BCUT2D eigenvalue weighted by molar-refractivity contribution is -0.121. The number of benzene rings is 1. The Balaban J connectivity index is 1.13. The average molecular weight is 423 g/mol. The minimum absolute atomic E-state index is 0.0394. The Morgan fingerprint density at radius 2 is 2.06 bits per heavy atom. The van der Waals surface area contributed by atoms with Crippen molar-refractivity contribution in [3.8, 4) is 5.75 Å². The largest absolute Gasteiger partial charge is 0.494 e. The molecule has 0 atom stereocenters. The van der Waals surface area contributed by atoms with Gasteiger partial charge in [-0.25, -0.2) is 9.48 Å². The number of carbonyl (C=O) groups excluding carboxylic acids is 2. The molecule has 2 N–H and O–H groups in total. The van der Waals surface area contributed by atoms with Crippen LogP contribution in [0.15, 0.2) is 47.4 Å². The van der Waals surface area contributed by atoms with Crippen molar-refractivity contribution < 1.29 is 14.3 Å². The number of nitrogens with one attached hydrogen (secondary N) is 2. The number of rotatable bonds is 9. The first-order valence-corrected chi connectivity index (χ1v) is 10.5. The quantitative estimate of drug-likeness (QED) is 0.510. The van der Waals surface area contributed by atoms with E-state index in [2.05, 4.69) is 15.7 Å². The number of aryl methyl sites for hydroxylation is 2. The van der Waals surface area contributed by atoms with Crippen LogP contribution in [0.5, 0.6) is 5.75 Å². The maximum atomic E-state index is 12.2. The van der Waals surface area contributed by atoms with Gasteiger partial charge in [0.2, 0.25) is 11.8 Å². The zero-order valence-corrected chi connectivity index (χ0v) is 17.2. The number of anilines is 1. The molecule has 0 saturated carbocycles. The number of aromatic nitrogens is 3. The Hall–Kier alpha value is -3.62. The lowest BCUT2D eigenvalue weighted by atomic mass is 10.0. The average Bonchev–Trinajstić information content (AvgIpc) is 3.10. The summed E-state index contributed by atoms with van der Waals surface area (Å²) in [6.07, 6.45) is 4.48. The van der Waals surface area contributed by atoms with Gasteiger partial charge in [0.05, 0.1) is 6.61 Å². The summed E-state index contributed by atoms with van der Waals surface area (Å²) in [5, 5.41) is 9.97. The Kier molecular flexibility index (Phi) is 6.30. The van der Waals surface area contributed by atoms with Gasteiger partial charge in [0.1, 0.15) is 5.75 Å². The van der Waals surface area contributed by atoms with Gasteiger partial charge in [-0.3, -0.25) is 14.0 Å². The summed E-state index contributed by atoms with van der Waals surface area (Å²) >= 11 is 0. The Labute approximate surface area is 179 Å². The summed E-state index contributed by atoms with van der Waals surface area (Å²) in [6, 6.07) is 11.0. The van der Waals surface area contributed by atoms with Crippen molar-refractivity contribution in [1.29, 1.82) is 0 Å². The van der Waals surface area contributed by atoms with Gasteiger partial charge in [-0.05, 0) is 55.2 Å². The second kappa shape index (κ2) is 9.46. The first kappa shape index (κ1) is 20.6. The molecule has 3 heterocycles. The number of pyridine rings is 1. The van der Waals surface area contributed by atoms with Crippen LogP contribution in [0.25, 0.3) is 5.65 Å². The highest BCUT2D eigenvalue weighted by atomic mass is 16.5. The van der Waals surface area contributed by atoms with Crippen molar-refractivity contribution in [2.24, 2.45) is 0 Å². The Morgan fingerprint density at radius 3 is 2.94 bits per heavy atom. The summed E-state index contributed by atoms with van der Waals surface area (Å²) < 4.78 is 8.65. The third-order valence-corrected chi connectivity index (χ3v) is 5.15. The summed E-state index contributed by atoms with van der Waals surface area (Å²) in [7, 11) is 0. The Bertz CT molecular complexity index is 1150. The molecule has 2 amide bonds. The molecule has 162 valence electrons. The SMILES string of the molecule is O=C(CCCOc1ccc2c(c1)CCC(=O)N2)NCCCn1nc2ccccn2c1=O. The number of amides is 2. The number of hydrogen-bond acceptors (Lipinski definition) is 5. The number of ether oxygens (including phenoxy) is 1. The predicted molar refractivity (Wildman–Crippen MR) is 115 cm³/mol. The molecule has 3 aromatic rings.